The van der Waals surface area contributed by atoms with Gasteiger partial charge in [0, 0.05) is 60.6 Å². The zero-order valence-electron chi connectivity index (χ0n) is 13.3. The SMILES string of the molecule is Cc1csc(C2CCCN(C(=O)CC3CSCCN3)C2)n1.Cl.Cl. The maximum atomic E-state index is 12.5. The van der Waals surface area contributed by atoms with Crippen molar-refractivity contribution in [2.45, 2.75) is 38.1 Å². The minimum Gasteiger partial charge on any atom is -0.342 e. The molecule has 0 spiro atoms. The highest BCUT2D eigenvalue weighted by molar-refractivity contribution is 7.99. The Morgan fingerprint density at radius 1 is 1.48 bits per heavy atom. The first kappa shape index (κ1) is 21.0. The quantitative estimate of drug-likeness (QED) is 0.850. The number of nitrogens with one attached hydrogen (secondary N) is 1. The number of nitrogens with zero attached hydrogens (tertiary/aromatic N) is 2. The lowest BCUT2D eigenvalue weighted by molar-refractivity contribution is -0.132. The Labute approximate surface area is 159 Å². The molecule has 2 unspecified atom stereocenters. The van der Waals surface area contributed by atoms with Gasteiger partial charge in [0.1, 0.15) is 0 Å². The molecule has 4 nitrogen and oxygen atoms in total. The Morgan fingerprint density at radius 2 is 2.30 bits per heavy atom. The van der Waals surface area contributed by atoms with Crippen molar-refractivity contribution >= 4 is 53.8 Å². The Balaban J connectivity index is 0.00000132. The average molecular weight is 398 g/mol. The number of carbonyl (C=O) groups is 1. The molecule has 23 heavy (non-hydrogen) atoms. The van der Waals surface area contributed by atoms with E-state index in [0.29, 0.717) is 24.3 Å². The third kappa shape index (κ3) is 5.78. The van der Waals surface area contributed by atoms with Crippen LogP contribution < -0.4 is 5.32 Å². The molecule has 3 heterocycles. The summed E-state index contributed by atoms with van der Waals surface area (Å²) in [5, 5.41) is 6.77. The zero-order valence-corrected chi connectivity index (χ0v) is 16.6. The number of hydrogen-bond acceptors (Lipinski definition) is 5. The topological polar surface area (TPSA) is 45.2 Å². The van der Waals surface area contributed by atoms with Gasteiger partial charge in [-0.2, -0.15) is 11.8 Å². The Kier molecular flexibility index (Phi) is 9.23. The number of carbonyl (C=O) groups excluding carboxylic acids is 1. The summed E-state index contributed by atoms with van der Waals surface area (Å²) in [5.41, 5.74) is 1.10. The minimum atomic E-state index is 0. The third-order valence-electron chi connectivity index (χ3n) is 4.18. The van der Waals surface area contributed by atoms with Crippen LogP contribution >= 0.6 is 47.9 Å². The summed E-state index contributed by atoms with van der Waals surface area (Å²) < 4.78 is 0. The molecule has 2 atom stereocenters. The molecule has 2 aliphatic heterocycles. The van der Waals surface area contributed by atoms with Crippen LogP contribution in [0.3, 0.4) is 0 Å². The second-order valence-corrected chi connectivity index (χ2v) is 7.98. The second-order valence-electron chi connectivity index (χ2n) is 5.94. The highest BCUT2D eigenvalue weighted by Crippen LogP contribution is 2.29. The number of aryl methyl sites for hydroxylation is 1. The summed E-state index contributed by atoms with van der Waals surface area (Å²) in [6.45, 7) is 4.84. The largest absolute Gasteiger partial charge is 0.342 e. The van der Waals surface area contributed by atoms with E-state index < -0.39 is 0 Å². The molecule has 0 aromatic carbocycles. The summed E-state index contributed by atoms with van der Waals surface area (Å²) in [6, 6.07) is 0.360. The number of aromatic nitrogens is 1. The number of piperidine rings is 1. The van der Waals surface area contributed by atoms with Gasteiger partial charge < -0.3 is 10.2 Å². The van der Waals surface area contributed by atoms with Gasteiger partial charge in [-0.25, -0.2) is 4.98 Å². The van der Waals surface area contributed by atoms with E-state index in [-0.39, 0.29) is 24.8 Å². The smallest absolute Gasteiger partial charge is 0.224 e. The molecule has 0 radical (unpaired) electrons. The lowest BCUT2D eigenvalue weighted by Gasteiger charge is -2.33. The van der Waals surface area contributed by atoms with Gasteiger partial charge in [0.05, 0.1) is 5.01 Å². The van der Waals surface area contributed by atoms with Gasteiger partial charge in [-0.15, -0.1) is 36.2 Å². The zero-order chi connectivity index (χ0) is 14.7. The van der Waals surface area contributed by atoms with Crippen LogP contribution in [0.4, 0.5) is 0 Å². The van der Waals surface area contributed by atoms with E-state index in [1.54, 1.807) is 11.3 Å². The first-order valence-corrected chi connectivity index (χ1v) is 9.77. The van der Waals surface area contributed by atoms with Gasteiger partial charge in [-0.3, -0.25) is 4.79 Å². The minimum absolute atomic E-state index is 0. The van der Waals surface area contributed by atoms with Crippen molar-refractivity contribution in [1.82, 2.24) is 15.2 Å². The fourth-order valence-electron chi connectivity index (χ4n) is 3.06. The van der Waals surface area contributed by atoms with Crippen LogP contribution in [0.15, 0.2) is 5.38 Å². The van der Waals surface area contributed by atoms with E-state index in [1.807, 2.05) is 18.7 Å². The molecule has 1 amide bonds. The fraction of sp³-hybridized carbons (Fsp3) is 0.733. The van der Waals surface area contributed by atoms with Gasteiger partial charge in [0.25, 0.3) is 0 Å². The number of rotatable bonds is 3. The fourth-order valence-corrected chi connectivity index (χ4v) is 4.93. The van der Waals surface area contributed by atoms with Crippen molar-refractivity contribution in [2.75, 3.05) is 31.1 Å². The van der Waals surface area contributed by atoms with Crippen LogP contribution in [-0.2, 0) is 4.79 Å². The summed E-state index contributed by atoms with van der Waals surface area (Å²) in [7, 11) is 0. The molecule has 0 saturated carbocycles. The molecule has 0 aliphatic carbocycles. The van der Waals surface area contributed by atoms with Crippen molar-refractivity contribution < 1.29 is 4.79 Å². The van der Waals surface area contributed by atoms with Gasteiger partial charge in [0.2, 0.25) is 5.91 Å². The molecule has 132 valence electrons. The van der Waals surface area contributed by atoms with Gasteiger partial charge in [0.15, 0.2) is 0 Å². The van der Waals surface area contributed by atoms with E-state index >= 15 is 0 Å². The van der Waals surface area contributed by atoms with Crippen molar-refractivity contribution in [2.24, 2.45) is 0 Å². The maximum absolute atomic E-state index is 12.5. The van der Waals surface area contributed by atoms with Crippen LogP contribution in [0.1, 0.15) is 35.9 Å². The van der Waals surface area contributed by atoms with E-state index in [4.69, 9.17) is 0 Å². The van der Waals surface area contributed by atoms with Crippen LogP contribution in [0.2, 0.25) is 0 Å². The predicted molar refractivity (Wildman–Crippen MR) is 104 cm³/mol. The van der Waals surface area contributed by atoms with Crippen molar-refractivity contribution in [3.8, 4) is 0 Å². The van der Waals surface area contributed by atoms with Crippen LogP contribution in [0, 0.1) is 6.92 Å². The molecule has 8 heteroatoms. The normalized spacial score (nSPS) is 24.5. The first-order chi connectivity index (χ1) is 10.2. The molecule has 2 aliphatic rings. The first-order valence-electron chi connectivity index (χ1n) is 7.73. The summed E-state index contributed by atoms with van der Waals surface area (Å²) >= 11 is 3.69. The van der Waals surface area contributed by atoms with Crippen molar-refractivity contribution in [3.05, 3.63) is 16.1 Å². The lowest BCUT2D eigenvalue weighted by atomic mass is 9.98. The lowest BCUT2D eigenvalue weighted by Crippen LogP contribution is -2.45. The highest BCUT2D eigenvalue weighted by Gasteiger charge is 2.28. The second kappa shape index (κ2) is 10.1. The number of halogens is 2. The molecular formula is C15H25Cl2N3OS2. The average Bonchev–Trinajstić information content (AvgIpc) is 2.95. The molecule has 2 saturated heterocycles. The van der Waals surface area contributed by atoms with Gasteiger partial charge >= 0.3 is 0 Å². The number of amides is 1. The van der Waals surface area contributed by atoms with Crippen LogP contribution in [0.5, 0.6) is 0 Å². The molecular weight excluding hydrogens is 373 g/mol. The number of hydrogen-bond donors (Lipinski definition) is 1. The molecule has 0 bridgehead atoms. The van der Waals surface area contributed by atoms with Crippen molar-refractivity contribution in [1.29, 1.82) is 0 Å². The summed E-state index contributed by atoms with van der Waals surface area (Å²) in [6.07, 6.45) is 2.91. The summed E-state index contributed by atoms with van der Waals surface area (Å²) in [4.78, 5) is 19.2. The maximum Gasteiger partial charge on any atom is 0.224 e. The van der Waals surface area contributed by atoms with Gasteiger partial charge in [-0.1, -0.05) is 0 Å². The number of thiazole rings is 1. The Hall–Kier alpha value is -0.0100. The predicted octanol–water partition coefficient (Wildman–Crippen LogP) is 3.10. The van der Waals surface area contributed by atoms with Crippen molar-refractivity contribution in [3.63, 3.8) is 0 Å². The molecule has 3 rings (SSSR count). The molecule has 1 N–H and O–H groups in total. The number of likely N-dealkylation sites (tertiary alicyclic amines) is 1. The molecule has 1 aromatic rings. The Morgan fingerprint density at radius 3 is 2.96 bits per heavy atom. The van der Waals surface area contributed by atoms with Crippen LogP contribution in [-0.4, -0.2) is 53.0 Å². The van der Waals surface area contributed by atoms with E-state index in [9.17, 15) is 4.79 Å². The van der Waals surface area contributed by atoms with E-state index in [0.717, 1.165) is 43.9 Å². The van der Waals surface area contributed by atoms with E-state index in [1.165, 1.54) is 10.8 Å². The standard InChI is InChI=1S/C15H23N3OS2.2ClH/c1-11-9-21-15(17-11)12-3-2-5-18(8-12)14(19)7-13-10-20-6-4-16-13;;/h9,12-13,16H,2-8,10H2,1H3;2*1H. The van der Waals surface area contributed by atoms with Crippen LogP contribution in [0.25, 0.3) is 0 Å². The van der Waals surface area contributed by atoms with Gasteiger partial charge in [-0.05, 0) is 19.8 Å². The molecule has 1 aromatic heterocycles. The summed E-state index contributed by atoms with van der Waals surface area (Å²) in [5.74, 6) is 2.98. The molecule has 2 fully saturated rings. The van der Waals surface area contributed by atoms with E-state index in [2.05, 4.69) is 20.6 Å². The number of thioether (sulfide) groups is 1. The Bertz CT molecular complexity index is 495. The highest BCUT2D eigenvalue weighted by atomic mass is 35.5. The third-order valence-corrected chi connectivity index (χ3v) is 6.44. The monoisotopic (exact) mass is 397 g/mol.